The Kier molecular flexibility index (Phi) is 6.03. The van der Waals surface area contributed by atoms with Crippen molar-refractivity contribution >= 4 is 11.9 Å². The van der Waals surface area contributed by atoms with Crippen LogP contribution in [0, 0.1) is 5.92 Å². The maximum atomic E-state index is 14.1. The number of carboxylic acids is 1. The van der Waals surface area contributed by atoms with E-state index in [1.54, 1.807) is 13.8 Å². The van der Waals surface area contributed by atoms with Crippen LogP contribution in [0.5, 0.6) is 5.75 Å². The average Bonchev–Trinajstić information content (AvgIpc) is 2.47. The number of hydrogen-bond acceptors (Lipinski definition) is 4. The lowest BCUT2D eigenvalue weighted by Crippen LogP contribution is -2.52. The third-order valence-corrected chi connectivity index (χ3v) is 3.42. The molecule has 4 N–H and O–H groups in total. The smallest absolute Gasteiger partial charge is 0.376 e. The molecule has 0 aromatic heterocycles. The summed E-state index contributed by atoms with van der Waals surface area (Å²) in [5.74, 6) is -7.21. The van der Waals surface area contributed by atoms with Crippen molar-refractivity contribution in [3.63, 3.8) is 0 Å². The molecule has 1 aromatic rings. The first kappa shape index (κ1) is 18.8. The Hall–Kier alpha value is -2.22. The van der Waals surface area contributed by atoms with Crippen molar-refractivity contribution in [1.82, 2.24) is 5.32 Å². The van der Waals surface area contributed by atoms with Crippen LogP contribution in [-0.2, 0) is 9.59 Å². The number of hydrogen-bond donors (Lipinski definition) is 3. The topological polar surface area (TPSA) is 102 Å². The molecule has 128 valence electrons. The lowest BCUT2D eigenvalue weighted by Gasteiger charge is -2.30. The molecule has 0 bridgehead atoms. The minimum atomic E-state index is -4.13. The molecule has 0 radical (unpaired) electrons. The summed E-state index contributed by atoms with van der Waals surface area (Å²) < 4.78 is 33.2. The van der Waals surface area contributed by atoms with E-state index in [0.717, 1.165) is 0 Å². The van der Waals surface area contributed by atoms with Gasteiger partial charge in [0, 0.05) is 0 Å². The molecule has 0 unspecified atom stereocenters. The van der Waals surface area contributed by atoms with E-state index in [1.807, 2.05) is 0 Å². The number of halogens is 2. The van der Waals surface area contributed by atoms with Gasteiger partial charge in [-0.05, 0) is 23.6 Å². The summed E-state index contributed by atoms with van der Waals surface area (Å²) >= 11 is 0. The van der Waals surface area contributed by atoms with Gasteiger partial charge in [0.1, 0.15) is 11.8 Å². The fraction of sp³-hybridized carbons (Fsp3) is 0.467. The number of rotatable bonds is 8. The highest BCUT2D eigenvalue weighted by Gasteiger charge is 2.49. The van der Waals surface area contributed by atoms with Crippen molar-refractivity contribution in [2.24, 2.45) is 11.7 Å². The van der Waals surface area contributed by atoms with E-state index in [1.165, 1.54) is 31.4 Å². The second kappa shape index (κ2) is 7.36. The Bertz CT molecular complexity index is 561. The van der Waals surface area contributed by atoms with E-state index in [-0.39, 0.29) is 5.56 Å². The molecule has 8 heteroatoms. The number of carboxylic acid groups (broad SMARTS) is 1. The quantitative estimate of drug-likeness (QED) is 0.671. The second-order valence-electron chi connectivity index (χ2n) is 5.43. The van der Waals surface area contributed by atoms with Crippen molar-refractivity contribution in [2.75, 3.05) is 7.11 Å². The number of carbonyl (C=O) groups excluding carboxylic acids is 1. The number of nitrogens with one attached hydrogen (secondary N) is 1. The molecular weight excluding hydrogens is 310 g/mol. The van der Waals surface area contributed by atoms with Crippen molar-refractivity contribution in [1.29, 1.82) is 0 Å². The molecule has 0 heterocycles. The van der Waals surface area contributed by atoms with Crippen LogP contribution in [0.3, 0.4) is 0 Å². The van der Waals surface area contributed by atoms with Crippen LogP contribution in [0.4, 0.5) is 8.78 Å². The van der Waals surface area contributed by atoms with E-state index in [2.05, 4.69) is 5.32 Å². The Morgan fingerprint density at radius 2 is 1.78 bits per heavy atom. The summed E-state index contributed by atoms with van der Waals surface area (Å²) in [5, 5.41) is 11.2. The lowest BCUT2D eigenvalue weighted by atomic mass is 9.96. The van der Waals surface area contributed by atoms with Gasteiger partial charge in [-0.15, -0.1) is 0 Å². The number of ether oxygens (including phenoxy) is 1. The minimum Gasteiger partial charge on any atom is -0.497 e. The zero-order valence-electron chi connectivity index (χ0n) is 13.0. The number of amides is 1. The molecule has 0 fully saturated rings. The molecule has 0 saturated heterocycles. The Labute approximate surface area is 132 Å². The highest BCUT2D eigenvalue weighted by atomic mass is 19.3. The molecule has 0 aliphatic heterocycles. The second-order valence-corrected chi connectivity index (χ2v) is 5.43. The van der Waals surface area contributed by atoms with Crippen LogP contribution < -0.4 is 15.8 Å². The molecule has 1 amide bonds. The Balaban J connectivity index is 3.26. The largest absolute Gasteiger partial charge is 0.497 e. The molecule has 6 nitrogen and oxygen atoms in total. The summed E-state index contributed by atoms with van der Waals surface area (Å²) in [6, 6.07) is 2.46. The van der Waals surface area contributed by atoms with Crippen molar-refractivity contribution in [3.8, 4) is 5.75 Å². The summed E-state index contributed by atoms with van der Waals surface area (Å²) in [7, 11) is 1.42. The average molecular weight is 330 g/mol. The fourth-order valence-electron chi connectivity index (χ4n) is 2.11. The summed E-state index contributed by atoms with van der Waals surface area (Å²) in [5.41, 5.74) is 5.22. The van der Waals surface area contributed by atoms with Crippen LogP contribution in [0.2, 0.25) is 0 Å². The first-order chi connectivity index (χ1) is 10.6. The molecule has 23 heavy (non-hydrogen) atoms. The fourth-order valence-corrected chi connectivity index (χ4v) is 2.11. The van der Waals surface area contributed by atoms with Gasteiger partial charge < -0.3 is 15.6 Å². The van der Waals surface area contributed by atoms with Crippen LogP contribution >= 0.6 is 0 Å². The minimum absolute atomic E-state index is 0.00472. The zero-order chi connectivity index (χ0) is 17.8. The van der Waals surface area contributed by atoms with Crippen molar-refractivity contribution < 1.29 is 28.2 Å². The number of alkyl halides is 2. The van der Waals surface area contributed by atoms with Crippen LogP contribution in [-0.4, -0.2) is 36.1 Å². The Morgan fingerprint density at radius 1 is 1.26 bits per heavy atom. The predicted molar refractivity (Wildman–Crippen MR) is 79.3 cm³/mol. The molecule has 2 atom stereocenters. The number of carbonyl (C=O) groups is 2. The number of aliphatic carboxylic acids is 1. The maximum absolute atomic E-state index is 14.1. The summed E-state index contributed by atoms with van der Waals surface area (Å²) in [6.45, 7) is 3.23. The summed E-state index contributed by atoms with van der Waals surface area (Å²) in [4.78, 5) is 22.4. The summed E-state index contributed by atoms with van der Waals surface area (Å²) in [6.07, 6.45) is 0. The SMILES string of the molecule is COc1ccc([C@H](N[C@H](C(N)=O)C(C)C)C(F)(F)C(=O)O)cc1. The molecule has 0 saturated carbocycles. The molecule has 1 aromatic carbocycles. The van der Waals surface area contributed by atoms with Crippen LogP contribution in [0.15, 0.2) is 24.3 Å². The third-order valence-electron chi connectivity index (χ3n) is 3.42. The van der Waals surface area contributed by atoms with Crippen LogP contribution in [0.25, 0.3) is 0 Å². The van der Waals surface area contributed by atoms with Gasteiger partial charge in [-0.1, -0.05) is 26.0 Å². The lowest BCUT2D eigenvalue weighted by molar-refractivity contribution is -0.170. The van der Waals surface area contributed by atoms with E-state index in [4.69, 9.17) is 15.6 Å². The van der Waals surface area contributed by atoms with E-state index in [9.17, 15) is 18.4 Å². The van der Waals surface area contributed by atoms with Gasteiger partial charge in [0.05, 0.1) is 13.2 Å². The van der Waals surface area contributed by atoms with Crippen molar-refractivity contribution in [3.05, 3.63) is 29.8 Å². The molecular formula is C15H20F2N2O4. The highest BCUT2D eigenvalue weighted by Crippen LogP contribution is 2.33. The highest BCUT2D eigenvalue weighted by molar-refractivity contribution is 5.81. The van der Waals surface area contributed by atoms with Gasteiger partial charge >= 0.3 is 11.9 Å². The number of benzene rings is 1. The normalized spacial score (nSPS) is 14.3. The standard InChI is InChI=1S/C15H20F2N2O4/c1-8(2)11(13(18)20)19-12(15(16,17)14(21)22)9-4-6-10(23-3)7-5-9/h4-8,11-12,19H,1-3H3,(H2,18,20)(H,21,22)/t11-,12-/m0/s1. The van der Waals surface area contributed by atoms with Crippen molar-refractivity contribution in [2.45, 2.75) is 31.9 Å². The van der Waals surface area contributed by atoms with Gasteiger partial charge in [-0.2, -0.15) is 8.78 Å². The zero-order valence-corrected chi connectivity index (χ0v) is 13.0. The number of methoxy groups -OCH3 is 1. The van der Waals surface area contributed by atoms with E-state index >= 15 is 0 Å². The predicted octanol–water partition coefficient (Wildman–Crippen LogP) is 1.56. The van der Waals surface area contributed by atoms with Gasteiger partial charge in [0.15, 0.2) is 0 Å². The maximum Gasteiger partial charge on any atom is 0.376 e. The first-order valence-corrected chi connectivity index (χ1v) is 6.91. The van der Waals surface area contributed by atoms with E-state index in [0.29, 0.717) is 5.75 Å². The first-order valence-electron chi connectivity index (χ1n) is 6.91. The molecule has 1 rings (SSSR count). The van der Waals surface area contributed by atoms with E-state index < -0.39 is 35.8 Å². The van der Waals surface area contributed by atoms with Gasteiger partial charge in [0.2, 0.25) is 5.91 Å². The van der Waals surface area contributed by atoms with Gasteiger partial charge in [-0.25, -0.2) is 4.79 Å². The molecule has 0 aliphatic rings. The third kappa shape index (κ3) is 4.38. The van der Waals surface area contributed by atoms with Crippen LogP contribution in [0.1, 0.15) is 25.5 Å². The molecule has 0 spiro atoms. The number of primary amides is 1. The van der Waals surface area contributed by atoms with Gasteiger partial charge in [0.25, 0.3) is 0 Å². The van der Waals surface area contributed by atoms with Gasteiger partial charge in [-0.3, -0.25) is 10.1 Å². The number of nitrogens with two attached hydrogens (primary N) is 1. The monoisotopic (exact) mass is 330 g/mol. The Morgan fingerprint density at radius 3 is 2.13 bits per heavy atom. The molecule has 0 aliphatic carbocycles.